The Labute approximate surface area is 158 Å². The molecule has 7 heteroatoms. The maximum atomic E-state index is 13.2. The third kappa shape index (κ3) is 4.18. The van der Waals surface area contributed by atoms with Crippen molar-refractivity contribution in [3.05, 3.63) is 47.5 Å². The number of aromatic nitrogens is 2. The minimum absolute atomic E-state index is 0.0140. The molecule has 1 aromatic heterocycles. The average Bonchev–Trinajstić information content (AvgIpc) is 3.08. The van der Waals surface area contributed by atoms with Crippen LogP contribution in [-0.4, -0.2) is 33.3 Å². The second-order valence-corrected chi connectivity index (χ2v) is 6.96. The van der Waals surface area contributed by atoms with E-state index in [-0.39, 0.29) is 24.2 Å². The summed E-state index contributed by atoms with van der Waals surface area (Å²) in [7, 11) is 0. The molecule has 0 aliphatic carbocycles. The van der Waals surface area contributed by atoms with Gasteiger partial charge in [0, 0.05) is 6.54 Å². The fraction of sp³-hybridized carbons (Fsp3) is 0.450. The molecule has 0 bridgehead atoms. The molecule has 146 valence electrons. The van der Waals surface area contributed by atoms with Crippen molar-refractivity contribution in [2.24, 2.45) is 5.41 Å². The summed E-state index contributed by atoms with van der Waals surface area (Å²) in [5.74, 6) is -1.64. The zero-order chi connectivity index (χ0) is 20.2. The summed E-state index contributed by atoms with van der Waals surface area (Å²) >= 11 is 0. The molecule has 6 nitrogen and oxygen atoms in total. The van der Waals surface area contributed by atoms with Crippen LogP contribution in [0.1, 0.15) is 62.5 Å². The Hall–Kier alpha value is -2.70. The van der Waals surface area contributed by atoms with Gasteiger partial charge in [0.05, 0.1) is 28.6 Å². The number of hydrogen-bond donors (Lipinski definition) is 2. The zero-order valence-electron chi connectivity index (χ0n) is 16.1. The van der Waals surface area contributed by atoms with Gasteiger partial charge in [-0.05, 0) is 43.0 Å². The molecule has 1 amide bonds. The third-order valence-electron chi connectivity index (χ3n) is 5.06. The van der Waals surface area contributed by atoms with Crippen LogP contribution in [0.2, 0.25) is 0 Å². The summed E-state index contributed by atoms with van der Waals surface area (Å²) in [6, 6.07) is 5.87. The summed E-state index contributed by atoms with van der Waals surface area (Å²) < 4.78 is 14.8. The van der Waals surface area contributed by atoms with Crippen molar-refractivity contribution in [3.8, 4) is 5.69 Å². The van der Waals surface area contributed by atoms with Crippen LogP contribution in [0.25, 0.3) is 5.69 Å². The van der Waals surface area contributed by atoms with E-state index in [1.54, 1.807) is 30.7 Å². The van der Waals surface area contributed by atoms with Gasteiger partial charge in [-0.3, -0.25) is 9.59 Å². The highest BCUT2D eigenvalue weighted by atomic mass is 19.1. The number of carboxylic acids is 1. The first-order valence-electron chi connectivity index (χ1n) is 9.11. The topological polar surface area (TPSA) is 84.2 Å². The number of carbonyl (C=O) groups is 2. The minimum Gasteiger partial charge on any atom is -0.481 e. The summed E-state index contributed by atoms with van der Waals surface area (Å²) in [4.78, 5) is 24.4. The predicted octanol–water partition coefficient (Wildman–Crippen LogP) is 3.76. The number of aliphatic carboxylic acids is 1. The molecule has 0 spiro atoms. The molecule has 1 heterocycles. The fourth-order valence-corrected chi connectivity index (χ4v) is 3.10. The molecule has 2 rings (SSSR count). The lowest BCUT2D eigenvalue weighted by molar-refractivity contribution is -0.149. The Morgan fingerprint density at radius 3 is 2.30 bits per heavy atom. The SMILES string of the molecule is CCC(CC)(CNC(=O)c1cnn(-c2ccc(F)cc2)c1C(C)C)C(=O)O. The van der Waals surface area contributed by atoms with E-state index in [4.69, 9.17) is 0 Å². The van der Waals surface area contributed by atoms with Crippen molar-refractivity contribution in [1.29, 1.82) is 0 Å². The Morgan fingerprint density at radius 2 is 1.81 bits per heavy atom. The normalized spacial score (nSPS) is 11.6. The standard InChI is InChI=1S/C20H26FN3O3/c1-5-20(6-2,19(26)27)12-22-18(25)16-11-23-24(17(16)13(3)4)15-9-7-14(21)8-10-15/h7-11,13H,5-6,12H2,1-4H3,(H,22,25)(H,26,27). The number of nitrogens with zero attached hydrogens (tertiary/aromatic N) is 2. The molecular formula is C20H26FN3O3. The molecule has 0 aliphatic rings. The molecule has 0 unspecified atom stereocenters. The smallest absolute Gasteiger partial charge is 0.311 e. The van der Waals surface area contributed by atoms with Gasteiger partial charge >= 0.3 is 5.97 Å². The third-order valence-corrected chi connectivity index (χ3v) is 5.06. The molecule has 0 fully saturated rings. The molecule has 0 aliphatic heterocycles. The molecule has 0 saturated carbocycles. The van der Waals surface area contributed by atoms with Crippen LogP contribution in [0, 0.1) is 11.2 Å². The number of benzene rings is 1. The van der Waals surface area contributed by atoms with Crippen LogP contribution >= 0.6 is 0 Å². The molecule has 27 heavy (non-hydrogen) atoms. The van der Waals surface area contributed by atoms with E-state index in [0.29, 0.717) is 29.8 Å². The van der Waals surface area contributed by atoms with Gasteiger partial charge in [0.15, 0.2) is 0 Å². The van der Waals surface area contributed by atoms with Crippen molar-refractivity contribution in [3.63, 3.8) is 0 Å². The zero-order valence-corrected chi connectivity index (χ0v) is 16.1. The molecule has 0 saturated heterocycles. The van der Waals surface area contributed by atoms with Crippen molar-refractivity contribution in [2.45, 2.75) is 46.5 Å². The monoisotopic (exact) mass is 375 g/mol. The number of amides is 1. The van der Waals surface area contributed by atoms with E-state index in [0.717, 1.165) is 0 Å². The number of nitrogens with one attached hydrogen (secondary N) is 1. The minimum atomic E-state index is -0.986. The van der Waals surface area contributed by atoms with E-state index < -0.39 is 11.4 Å². The number of rotatable bonds is 8. The van der Waals surface area contributed by atoms with Crippen LogP contribution in [0.15, 0.2) is 30.5 Å². The van der Waals surface area contributed by atoms with Crippen molar-refractivity contribution >= 4 is 11.9 Å². The molecule has 2 aromatic rings. The van der Waals surface area contributed by atoms with E-state index in [9.17, 15) is 19.1 Å². The van der Waals surface area contributed by atoms with Crippen LogP contribution < -0.4 is 5.32 Å². The van der Waals surface area contributed by atoms with Gasteiger partial charge in [0.1, 0.15) is 5.82 Å². The van der Waals surface area contributed by atoms with Gasteiger partial charge in [-0.1, -0.05) is 27.7 Å². The maximum absolute atomic E-state index is 13.2. The number of hydrogen-bond acceptors (Lipinski definition) is 3. The van der Waals surface area contributed by atoms with E-state index in [2.05, 4.69) is 10.4 Å². The van der Waals surface area contributed by atoms with Gasteiger partial charge in [-0.25, -0.2) is 9.07 Å². The Balaban J connectivity index is 2.31. The number of halogens is 1. The molecule has 0 radical (unpaired) electrons. The molecule has 1 aromatic carbocycles. The fourth-order valence-electron chi connectivity index (χ4n) is 3.10. The lowest BCUT2D eigenvalue weighted by Gasteiger charge is -2.26. The van der Waals surface area contributed by atoms with Crippen molar-refractivity contribution < 1.29 is 19.1 Å². The van der Waals surface area contributed by atoms with Crippen LogP contribution in [0.4, 0.5) is 4.39 Å². The van der Waals surface area contributed by atoms with Gasteiger partial charge in [-0.15, -0.1) is 0 Å². The van der Waals surface area contributed by atoms with Gasteiger partial charge in [0.25, 0.3) is 5.91 Å². The number of carbonyl (C=O) groups excluding carboxylic acids is 1. The van der Waals surface area contributed by atoms with Crippen LogP contribution in [-0.2, 0) is 4.79 Å². The first-order valence-corrected chi connectivity index (χ1v) is 9.11. The van der Waals surface area contributed by atoms with E-state index in [1.807, 2.05) is 13.8 Å². The quantitative estimate of drug-likeness (QED) is 0.736. The van der Waals surface area contributed by atoms with Gasteiger partial charge in [-0.2, -0.15) is 5.10 Å². The lowest BCUT2D eigenvalue weighted by atomic mass is 9.82. The Kier molecular flexibility index (Phi) is 6.36. The second-order valence-electron chi connectivity index (χ2n) is 6.96. The number of carboxylic acid groups (broad SMARTS) is 1. The molecular weight excluding hydrogens is 349 g/mol. The van der Waals surface area contributed by atoms with E-state index in [1.165, 1.54) is 18.3 Å². The summed E-state index contributed by atoms with van der Waals surface area (Å²) in [5, 5.41) is 16.6. The van der Waals surface area contributed by atoms with Gasteiger partial charge in [0.2, 0.25) is 0 Å². The first-order chi connectivity index (χ1) is 12.8. The summed E-state index contributed by atoms with van der Waals surface area (Å²) in [6.45, 7) is 7.53. The first kappa shape index (κ1) is 20.6. The average molecular weight is 375 g/mol. The summed E-state index contributed by atoms with van der Waals surface area (Å²) in [6.07, 6.45) is 2.31. The second kappa shape index (κ2) is 8.33. The largest absolute Gasteiger partial charge is 0.481 e. The maximum Gasteiger partial charge on any atom is 0.311 e. The lowest BCUT2D eigenvalue weighted by Crippen LogP contribution is -2.42. The highest BCUT2D eigenvalue weighted by molar-refractivity contribution is 5.95. The highest BCUT2D eigenvalue weighted by Crippen LogP contribution is 2.27. The summed E-state index contributed by atoms with van der Waals surface area (Å²) in [5.41, 5.74) is 0.746. The molecule has 2 N–H and O–H groups in total. The molecule has 0 atom stereocenters. The Bertz CT molecular complexity index is 808. The van der Waals surface area contributed by atoms with Crippen LogP contribution in [0.3, 0.4) is 0 Å². The van der Waals surface area contributed by atoms with Gasteiger partial charge < -0.3 is 10.4 Å². The predicted molar refractivity (Wildman–Crippen MR) is 101 cm³/mol. The van der Waals surface area contributed by atoms with Crippen molar-refractivity contribution in [2.75, 3.05) is 6.54 Å². The van der Waals surface area contributed by atoms with Crippen molar-refractivity contribution in [1.82, 2.24) is 15.1 Å². The highest BCUT2D eigenvalue weighted by Gasteiger charge is 2.35. The van der Waals surface area contributed by atoms with Crippen LogP contribution in [0.5, 0.6) is 0 Å². The van der Waals surface area contributed by atoms with E-state index >= 15 is 0 Å². The Morgan fingerprint density at radius 1 is 1.22 bits per heavy atom.